The van der Waals surface area contributed by atoms with Gasteiger partial charge < -0.3 is 9.73 Å². The number of aromatic nitrogens is 3. The minimum absolute atomic E-state index is 0.0966. The van der Waals surface area contributed by atoms with E-state index < -0.39 is 11.7 Å². The molecule has 0 bridgehead atoms. The fourth-order valence-electron chi connectivity index (χ4n) is 1.41. The van der Waals surface area contributed by atoms with Gasteiger partial charge >= 0.3 is 6.18 Å². The van der Waals surface area contributed by atoms with E-state index >= 15 is 0 Å². The molecular weight excluding hydrogens is 273 g/mol. The van der Waals surface area contributed by atoms with Crippen molar-refractivity contribution in [3.8, 4) is 11.6 Å². The summed E-state index contributed by atoms with van der Waals surface area (Å²) in [5.41, 5.74) is -0.608. The molecule has 1 N–H and O–H groups in total. The van der Waals surface area contributed by atoms with Crippen molar-refractivity contribution in [2.24, 2.45) is 0 Å². The van der Waals surface area contributed by atoms with Gasteiger partial charge in [0.15, 0.2) is 0 Å². The SMILES string of the molecule is CC(C)NCc1nnc(-c2ccc(C(F)(F)F)cn2)o1. The Balaban J connectivity index is 2.12. The highest BCUT2D eigenvalue weighted by Crippen LogP contribution is 2.29. The summed E-state index contributed by atoms with van der Waals surface area (Å²) >= 11 is 0. The molecule has 0 saturated heterocycles. The number of hydrogen-bond donors (Lipinski definition) is 1. The van der Waals surface area contributed by atoms with E-state index in [0.717, 1.165) is 12.3 Å². The van der Waals surface area contributed by atoms with Gasteiger partial charge in [-0.05, 0) is 12.1 Å². The molecule has 2 rings (SSSR count). The highest BCUT2D eigenvalue weighted by atomic mass is 19.4. The van der Waals surface area contributed by atoms with Gasteiger partial charge in [0.2, 0.25) is 5.89 Å². The molecule has 0 saturated carbocycles. The van der Waals surface area contributed by atoms with Crippen molar-refractivity contribution in [1.82, 2.24) is 20.5 Å². The molecule has 0 atom stereocenters. The van der Waals surface area contributed by atoms with Crippen LogP contribution in [0.15, 0.2) is 22.7 Å². The van der Waals surface area contributed by atoms with Crippen molar-refractivity contribution in [3.63, 3.8) is 0 Å². The van der Waals surface area contributed by atoms with Crippen LogP contribution in [0.5, 0.6) is 0 Å². The smallest absolute Gasteiger partial charge is 0.417 e. The Morgan fingerprint density at radius 2 is 2.00 bits per heavy atom. The van der Waals surface area contributed by atoms with Gasteiger partial charge in [-0.3, -0.25) is 4.98 Å². The number of rotatable bonds is 4. The Hall–Kier alpha value is -1.96. The minimum atomic E-state index is -4.41. The van der Waals surface area contributed by atoms with Crippen molar-refractivity contribution in [1.29, 1.82) is 0 Å². The lowest BCUT2D eigenvalue weighted by molar-refractivity contribution is -0.137. The first-order chi connectivity index (χ1) is 9.36. The minimum Gasteiger partial charge on any atom is -0.418 e. The van der Waals surface area contributed by atoms with Gasteiger partial charge in [-0.25, -0.2) is 0 Å². The van der Waals surface area contributed by atoms with Crippen LogP contribution in [0.4, 0.5) is 13.2 Å². The van der Waals surface area contributed by atoms with Crippen LogP contribution < -0.4 is 5.32 Å². The molecule has 20 heavy (non-hydrogen) atoms. The number of alkyl halides is 3. The third kappa shape index (κ3) is 3.53. The molecule has 2 heterocycles. The molecule has 0 aliphatic heterocycles. The average Bonchev–Trinajstić information content (AvgIpc) is 2.84. The number of hydrogen-bond acceptors (Lipinski definition) is 5. The van der Waals surface area contributed by atoms with Crippen molar-refractivity contribution in [3.05, 3.63) is 29.8 Å². The van der Waals surface area contributed by atoms with Crippen molar-refractivity contribution in [2.45, 2.75) is 32.6 Å². The van der Waals surface area contributed by atoms with Crippen LogP contribution in [-0.4, -0.2) is 21.2 Å². The molecular formula is C12H13F3N4O. The standard InChI is InChI=1S/C12H13F3N4O/c1-7(2)16-6-10-18-19-11(20-10)9-4-3-8(5-17-9)12(13,14)15/h3-5,7,16H,6H2,1-2H3. The molecule has 108 valence electrons. The lowest BCUT2D eigenvalue weighted by atomic mass is 10.2. The zero-order valence-corrected chi connectivity index (χ0v) is 10.9. The Labute approximate surface area is 113 Å². The van der Waals surface area contributed by atoms with E-state index in [-0.39, 0.29) is 17.6 Å². The van der Waals surface area contributed by atoms with E-state index in [4.69, 9.17) is 4.42 Å². The van der Waals surface area contributed by atoms with Crippen LogP contribution in [0, 0.1) is 0 Å². The largest absolute Gasteiger partial charge is 0.418 e. The van der Waals surface area contributed by atoms with Crippen LogP contribution in [-0.2, 0) is 12.7 Å². The molecule has 0 aliphatic rings. The zero-order chi connectivity index (χ0) is 14.8. The molecule has 0 spiro atoms. The number of nitrogens with zero attached hydrogens (tertiary/aromatic N) is 3. The maximum absolute atomic E-state index is 12.4. The summed E-state index contributed by atoms with van der Waals surface area (Å²) in [5, 5.41) is 10.6. The summed E-state index contributed by atoms with van der Waals surface area (Å²) < 4.78 is 42.5. The van der Waals surface area contributed by atoms with E-state index in [1.54, 1.807) is 0 Å². The van der Waals surface area contributed by atoms with Gasteiger partial charge in [0.25, 0.3) is 5.89 Å². The lowest BCUT2D eigenvalue weighted by Gasteiger charge is -2.05. The van der Waals surface area contributed by atoms with E-state index in [1.807, 2.05) is 13.8 Å². The normalized spacial score (nSPS) is 12.1. The van der Waals surface area contributed by atoms with Crippen molar-refractivity contribution < 1.29 is 17.6 Å². The quantitative estimate of drug-likeness (QED) is 0.936. The van der Waals surface area contributed by atoms with E-state index in [2.05, 4.69) is 20.5 Å². The molecule has 0 aromatic carbocycles. The van der Waals surface area contributed by atoms with E-state index in [9.17, 15) is 13.2 Å². The highest BCUT2D eigenvalue weighted by Gasteiger charge is 2.30. The van der Waals surface area contributed by atoms with Gasteiger partial charge in [0, 0.05) is 12.2 Å². The maximum atomic E-state index is 12.4. The van der Waals surface area contributed by atoms with Gasteiger partial charge in [-0.2, -0.15) is 13.2 Å². The van der Waals surface area contributed by atoms with Gasteiger partial charge in [0.1, 0.15) is 5.69 Å². The summed E-state index contributed by atoms with van der Waals surface area (Å²) in [6.07, 6.45) is -3.67. The topological polar surface area (TPSA) is 63.8 Å². The summed E-state index contributed by atoms with van der Waals surface area (Å²) in [7, 11) is 0. The van der Waals surface area contributed by atoms with Gasteiger partial charge in [-0.15, -0.1) is 10.2 Å². The molecule has 0 amide bonds. The van der Waals surface area contributed by atoms with Crippen LogP contribution in [0.2, 0.25) is 0 Å². The molecule has 0 radical (unpaired) electrons. The average molecular weight is 286 g/mol. The van der Waals surface area contributed by atoms with Crippen molar-refractivity contribution >= 4 is 0 Å². The van der Waals surface area contributed by atoms with Gasteiger partial charge in [-0.1, -0.05) is 13.8 Å². The number of halogens is 3. The Kier molecular flexibility index (Phi) is 4.03. The monoisotopic (exact) mass is 286 g/mol. The summed E-state index contributed by atoms with van der Waals surface area (Å²) in [6, 6.07) is 2.39. The molecule has 0 unspecified atom stereocenters. The summed E-state index contributed by atoms with van der Waals surface area (Å²) in [6.45, 7) is 4.33. The van der Waals surface area contributed by atoms with Crippen LogP contribution in [0.1, 0.15) is 25.3 Å². The third-order valence-corrected chi connectivity index (χ3v) is 2.44. The summed E-state index contributed by atoms with van der Waals surface area (Å²) in [5.74, 6) is 0.453. The third-order valence-electron chi connectivity index (χ3n) is 2.44. The number of pyridine rings is 1. The zero-order valence-electron chi connectivity index (χ0n) is 10.9. The Bertz CT molecular complexity index is 563. The molecule has 8 heteroatoms. The Morgan fingerprint density at radius 1 is 1.25 bits per heavy atom. The lowest BCUT2D eigenvalue weighted by Crippen LogP contribution is -2.21. The first-order valence-corrected chi connectivity index (χ1v) is 5.95. The van der Waals surface area contributed by atoms with Crippen LogP contribution in [0.25, 0.3) is 11.6 Å². The Morgan fingerprint density at radius 3 is 2.55 bits per heavy atom. The van der Waals surface area contributed by atoms with Crippen LogP contribution >= 0.6 is 0 Å². The predicted octanol–water partition coefficient (Wildman–Crippen LogP) is 2.65. The fourth-order valence-corrected chi connectivity index (χ4v) is 1.41. The first kappa shape index (κ1) is 14.4. The molecule has 0 aliphatic carbocycles. The molecule has 2 aromatic heterocycles. The second kappa shape index (κ2) is 5.58. The molecule has 5 nitrogen and oxygen atoms in total. The number of nitrogens with one attached hydrogen (secondary N) is 1. The van der Waals surface area contributed by atoms with Gasteiger partial charge in [0.05, 0.1) is 12.1 Å². The fraction of sp³-hybridized carbons (Fsp3) is 0.417. The predicted molar refractivity (Wildman–Crippen MR) is 64.5 cm³/mol. The van der Waals surface area contributed by atoms with Crippen LogP contribution in [0.3, 0.4) is 0 Å². The first-order valence-electron chi connectivity index (χ1n) is 5.95. The van der Waals surface area contributed by atoms with Crippen molar-refractivity contribution in [2.75, 3.05) is 0 Å². The van der Waals surface area contributed by atoms with E-state index in [0.29, 0.717) is 12.4 Å². The maximum Gasteiger partial charge on any atom is 0.417 e. The summed E-state index contributed by atoms with van der Waals surface area (Å²) in [4.78, 5) is 3.69. The molecule has 0 fully saturated rings. The second-order valence-electron chi connectivity index (χ2n) is 4.47. The highest BCUT2D eigenvalue weighted by molar-refractivity contribution is 5.46. The second-order valence-corrected chi connectivity index (χ2v) is 4.47. The molecule has 2 aromatic rings. The van der Waals surface area contributed by atoms with E-state index in [1.165, 1.54) is 6.07 Å².